The van der Waals surface area contributed by atoms with Crippen LogP contribution in [0.15, 0.2) is 0 Å². The second kappa shape index (κ2) is 6.20. The van der Waals surface area contributed by atoms with E-state index in [2.05, 4.69) is 10.6 Å². The molecule has 0 saturated heterocycles. The first-order valence-corrected chi connectivity index (χ1v) is 4.43. The fraction of sp³-hybridized carbons (Fsp3) is 0.750. The van der Waals surface area contributed by atoms with Crippen molar-refractivity contribution < 1.29 is 14.7 Å². The van der Waals surface area contributed by atoms with Crippen molar-refractivity contribution in [1.29, 1.82) is 0 Å². The van der Waals surface area contributed by atoms with Crippen molar-refractivity contribution in [2.45, 2.75) is 19.9 Å². The van der Waals surface area contributed by atoms with Crippen molar-refractivity contribution in [1.82, 2.24) is 10.6 Å². The average Bonchev–Trinajstić information content (AvgIpc) is 2.10. The fourth-order valence-corrected chi connectivity index (χ4v) is 0.649. The first-order chi connectivity index (χ1) is 6.43. The summed E-state index contributed by atoms with van der Waals surface area (Å²) in [4.78, 5) is 21.3. The molecule has 0 fully saturated rings. The molecule has 0 radical (unpaired) electrons. The van der Waals surface area contributed by atoms with Gasteiger partial charge >= 0.3 is 12.0 Å². The molecule has 14 heavy (non-hydrogen) atoms. The van der Waals surface area contributed by atoms with E-state index in [9.17, 15) is 9.59 Å². The third-order valence-corrected chi connectivity index (χ3v) is 1.47. The van der Waals surface area contributed by atoms with Gasteiger partial charge in [-0.15, -0.1) is 0 Å². The monoisotopic (exact) mass is 203 g/mol. The van der Waals surface area contributed by atoms with Gasteiger partial charge in [0.2, 0.25) is 0 Å². The van der Waals surface area contributed by atoms with Gasteiger partial charge in [0.1, 0.15) is 6.04 Å². The third kappa shape index (κ3) is 6.24. The zero-order valence-corrected chi connectivity index (χ0v) is 8.41. The van der Waals surface area contributed by atoms with Gasteiger partial charge < -0.3 is 21.5 Å². The van der Waals surface area contributed by atoms with Gasteiger partial charge in [-0.25, -0.2) is 4.79 Å². The van der Waals surface area contributed by atoms with Crippen LogP contribution in [0.25, 0.3) is 0 Å². The third-order valence-electron chi connectivity index (χ3n) is 1.47. The molecule has 82 valence electrons. The Bertz CT molecular complexity index is 206. The maximum absolute atomic E-state index is 11.0. The molecule has 2 amide bonds. The SMILES string of the molecule is CC(C)CNC(=O)NCC(N)C(=O)O. The number of nitrogens with one attached hydrogen (secondary N) is 2. The zero-order chi connectivity index (χ0) is 11.1. The van der Waals surface area contributed by atoms with Crippen LogP contribution in [0.4, 0.5) is 4.79 Å². The topological polar surface area (TPSA) is 104 Å². The molecule has 0 spiro atoms. The van der Waals surface area contributed by atoms with Gasteiger partial charge in [-0.3, -0.25) is 4.79 Å². The second-order valence-electron chi connectivity index (χ2n) is 3.43. The number of urea groups is 1. The van der Waals surface area contributed by atoms with Gasteiger partial charge in [-0.2, -0.15) is 0 Å². The molecule has 5 N–H and O–H groups in total. The van der Waals surface area contributed by atoms with E-state index in [1.54, 1.807) is 0 Å². The maximum atomic E-state index is 11.0. The van der Waals surface area contributed by atoms with E-state index in [-0.39, 0.29) is 6.54 Å². The highest BCUT2D eigenvalue weighted by molar-refractivity contribution is 5.77. The molecule has 0 saturated carbocycles. The summed E-state index contributed by atoms with van der Waals surface area (Å²) in [7, 11) is 0. The molecule has 6 heteroatoms. The van der Waals surface area contributed by atoms with Crippen LogP contribution >= 0.6 is 0 Å². The standard InChI is InChI=1S/C8H17N3O3/c1-5(2)3-10-8(14)11-4-6(9)7(12)13/h5-6H,3-4,9H2,1-2H3,(H,12,13)(H2,10,11,14). The number of carboxylic acid groups (broad SMARTS) is 1. The van der Waals surface area contributed by atoms with Crippen molar-refractivity contribution in [2.75, 3.05) is 13.1 Å². The largest absolute Gasteiger partial charge is 0.480 e. The van der Waals surface area contributed by atoms with Crippen LogP contribution in [0.3, 0.4) is 0 Å². The van der Waals surface area contributed by atoms with Crippen molar-refractivity contribution in [3.63, 3.8) is 0 Å². The van der Waals surface area contributed by atoms with Crippen LogP contribution in [0.5, 0.6) is 0 Å². The van der Waals surface area contributed by atoms with Gasteiger partial charge in [-0.05, 0) is 5.92 Å². The Morgan fingerprint density at radius 3 is 2.21 bits per heavy atom. The first kappa shape index (κ1) is 12.7. The minimum absolute atomic E-state index is 0.0702. The van der Waals surface area contributed by atoms with Crippen LogP contribution in [-0.4, -0.2) is 36.2 Å². The number of hydrogen-bond acceptors (Lipinski definition) is 3. The van der Waals surface area contributed by atoms with E-state index in [0.29, 0.717) is 12.5 Å². The van der Waals surface area contributed by atoms with Crippen molar-refractivity contribution in [3.05, 3.63) is 0 Å². The molecule has 0 aromatic rings. The zero-order valence-electron chi connectivity index (χ0n) is 8.41. The van der Waals surface area contributed by atoms with Gasteiger partial charge in [0.05, 0.1) is 0 Å². The van der Waals surface area contributed by atoms with Gasteiger partial charge in [0, 0.05) is 13.1 Å². The molecular weight excluding hydrogens is 186 g/mol. The molecule has 6 nitrogen and oxygen atoms in total. The fourth-order valence-electron chi connectivity index (χ4n) is 0.649. The van der Waals surface area contributed by atoms with Crippen LogP contribution in [0, 0.1) is 5.92 Å². The summed E-state index contributed by atoms with van der Waals surface area (Å²) in [5, 5.41) is 13.4. The lowest BCUT2D eigenvalue weighted by Gasteiger charge is -2.10. The maximum Gasteiger partial charge on any atom is 0.322 e. The van der Waals surface area contributed by atoms with E-state index in [1.807, 2.05) is 13.8 Å². The van der Waals surface area contributed by atoms with E-state index in [4.69, 9.17) is 10.8 Å². The Kier molecular flexibility index (Phi) is 5.62. The summed E-state index contributed by atoms with van der Waals surface area (Å²) in [6.07, 6.45) is 0. The van der Waals surface area contributed by atoms with Crippen LogP contribution in [-0.2, 0) is 4.79 Å². The Morgan fingerprint density at radius 1 is 1.29 bits per heavy atom. The second-order valence-corrected chi connectivity index (χ2v) is 3.43. The highest BCUT2D eigenvalue weighted by atomic mass is 16.4. The molecule has 0 aromatic heterocycles. The Labute approximate surface area is 82.9 Å². The minimum Gasteiger partial charge on any atom is -0.480 e. The molecule has 0 aliphatic heterocycles. The number of hydrogen-bond donors (Lipinski definition) is 4. The van der Waals surface area contributed by atoms with Gasteiger partial charge in [-0.1, -0.05) is 13.8 Å². The number of carbonyl (C=O) groups is 2. The Morgan fingerprint density at radius 2 is 1.79 bits per heavy atom. The van der Waals surface area contributed by atoms with Crippen LogP contribution in [0.1, 0.15) is 13.8 Å². The molecular formula is C8H17N3O3. The number of carbonyl (C=O) groups excluding carboxylic acids is 1. The molecule has 0 aromatic carbocycles. The Balaban J connectivity index is 3.59. The number of nitrogens with two attached hydrogens (primary N) is 1. The first-order valence-electron chi connectivity index (χ1n) is 4.43. The number of amides is 2. The molecule has 0 heterocycles. The highest BCUT2D eigenvalue weighted by Crippen LogP contribution is 1.86. The summed E-state index contributed by atoms with van der Waals surface area (Å²) in [6.45, 7) is 4.40. The quantitative estimate of drug-likeness (QED) is 0.476. The summed E-state index contributed by atoms with van der Waals surface area (Å²) in [5.41, 5.74) is 5.18. The normalized spacial score (nSPS) is 12.3. The summed E-state index contributed by atoms with van der Waals surface area (Å²) in [6, 6.07) is -1.45. The average molecular weight is 203 g/mol. The predicted octanol–water partition coefficient (Wildman–Crippen LogP) is -0.646. The lowest BCUT2D eigenvalue weighted by Crippen LogP contribution is -2.46. The predicted molar refractivity (Wildman–Crippen MR) is 51.9 cm³/mol. The summed E-state index contributed by atoms with van der Waals surface area (Å²) >= 11 is 0. The highest BCUT2D eigenvalue weighted by Gasteiger charge is 2.12. The van der Waals surface area contributed by atoms with Crippen molar-refractivity contribution >= 4 is 12.0 Å². The molecule has 0 rings (SSSR count). The van der Waals surface area contributed by atoms with Crippen molar-refractivity contribution in [2.24, 2.45) is 11.7 Å². The molecule has 0 aliphatic carbocycles. The number of carboxylic acids is 1. The van der Waals surface area contributed by atoms with Gasteiger partial charge in [0.25, 0.3) is 0 Å². The Hall–Kier alpha value is -1.30. The van der Waals surface area contributed by atoms with Crippen LogP contribution in [0.2, 0.25) is 0 Å². The lowest BCUT2D eigenvalue weighted by atomic mass is 10.2. The number of rotatable bonds is 5. The molecule has 1 unspecified atom stereocenters. The lowest BCUT2D eigenvalue weighted by molar-refractivity contribution is -0.138. The van der Waals surface area contributed by atoms with E-state index in [0.717, 1.165) is 0 Å². The summed E-state index contributed by atoms with van der Waals surface area (Å²) < 4.78 is 0. The molecule has 1 atom stereocenters. The van der Waals surface area contributed by atoms with Gasteiger partial charge in [0.15, 0.2) is 0 Å². The van der Waals surface area contributed by atoms with E-state index >= 15 is 0 Å². The van der Waals surface area contributed by atoms with Crippen molar-refractivity contribution in [3.8, 4) is 0 Å². The molecule has 0 bridgehead atoms. The van der Waals surface area contributed by atoms with E-state index in [1.165, 1.54) is 0 Å². The summed E-state index contributed by atoms with van der Waals surface area (Å²) in [5.74, 6) is -0.775. The smallest absolute Gasteiger partial charge is 0.322 e. The van der Waals surface area contributed by atoms with E-state index < -0.39 is 18.0 Å². The molecule has 0 aliphatic rings. The number of aliphatic carboxylic acids is 1. The van der Waals surface area contributed by atoms with Crippen LogP contribution < -0.4 is 16.4 Å². The minimum atomic E-state index is -1.13.